The first-order chi connectivity index (χ1) is 17.4. The van der Waals surface area contributed by atoms with Crippen LogP contribution in [0, 0.1) is 13.8 Å². The van der Waals surface area contributed by atoms with Gasteiger partial charge in [-0.3, -0.25) is 14.2 Å². The molecule has 0 saturated heterocycles. The van der Waals surface area contributed by atoms with Crippen LogP contribution >= 0.6 is 34.7 Å². The van der Waals surface area contributed by atoms with E-state index in [0.717, 1.165) is 16.8 Å². The third-order valence-electron chi connectivity index (χ3n) is 5.59. The van der Waals surface area contributed by atoms with Gasteiger partial charge in [-0.25, -0.2) is 9.97 Å². The summed E-state index contributed by atoms with van der Waals surface area (Å²) in [5, 5.41) is 6.74. The first kappa shape index (κ1) is 24.2. The van der Waals surface area contributed by atoms with Crippen molar-refractivity contribution < 1.29 is 4.79 Å². The maximum Gasteiger partial charge on any atom is 0.266 e. The Labute approximate surface area is 221 Å². The lowest BCUT2D eigenvalue weighted by molar-refractivity contribution is -0.113. The molecule has 0 spiro atoms. The number of carbonyl (C=O) groups excluding carboxylic acids is 1. The number of nitrogens with one attached hydrogen (secondary N) is 1. The van der Waals surface area contributed by atoms with Gasteiger partial charge < -0.3 is 5.32 Å². The lowest BCUT2D eigenvalue weighted by Gasteiger charge is -2.14. The molecular weight excluding hydrogens is 512 g/mol. The summed E-state index contributed by atoms with van der Waals surface area (Å²) in [6.45, 7) is 3.93. The van der Waals surface area contributed by atoms with Crippen LogP contribution < -0.4 is 10.9 Å². The van der Waals surface area contributed by atoms with Crippen LogP contribution in [0.2, 0.25) is 5.02 Å². The van der Waals surface area contributed by atoms with Crippen molar-refractivity contribution in [3.63, 3.8) is 0 Å². The molecule has 36 heavy (non-hydrogen) atoms. The van der Waals surface area contributed by atoms with Crippen molar-refractivity contribution in [1.82, 2.24) is 14.5 Å². The maximum atomic E-state index is 13.4. The standard InChI is InChI=1S/C27H21ClN4O2S2/c1-16-7-10-18(11-8-16)23-14-35-26(29-23)31-24(33)15-36-27-30-22-6-4-3-5-20(22)25(34)32(27)19-12-9-17(2)21(28)13-19/h3-14H,15H2,1-2H3,(H,29,31,33). The fraction of sp³-hybridized carbons (Fsp3) is 0.111. The number of hydrogen-bond donors (Lipinski definition) is 1. The number of nitrogens with zero attached hydrogens (tertiary/aromatic N) is 3. The van der Waals surface area contributed by atoms with E-state index in [0.29, 0.717) is 31.9 Å². The number of amides is 1. The zero-order valence-corrected chi connectivity index (χ0v) is 21.9. The van der Waals surface area contributed by atoms with Gasteiger partial charge in [0, 0.05) is 16.0 Å². The first-order valence-electron chi connectivity index (χ1n) is 11.1. The lowest BCUT2D eigenvalue weighted by atomic mass is 10.1. The number of rotatable bonds is 6. The van der Waals surface area contributed by atoms with Crippen molar-refractivity contribution in [1.29, 1.82) is 0 Å². The van der Waals surface area contributed by atoms with E-state index in [1.807, 2.05) is 61.7 Å². The average Bonchev–Trinajstić information content (AvgIpc) is 3.33. The van der Waals surface area contributed by atoms with Crippen LogP contribution in [0.25, 0.3) is 27.8 Å². The molecular formula is C27H21ClN4O2S2. The Morgan fingerprint density at radius 1 is 1.06 bits per heavy atom. The predicted molar refractivity (Wildman–Crippen MR) is 149 cm³/mol. The quantitative estimate of drug-likeness (QED) is 0.199. The second-order valence-electron chi connectivity index (χ2n) is 8.23. The van der Waals surface area contributed by atoms with Gasteiger partial charge in [0.2, 0.25) is 5.91 Å². The molecule has 0 aliphatic rings. The van der Waals surface area contributed by atoms with E-state index in [1.165, 1.54) is 33.2 Å². The average molecular weight is 533 g/mol. The molecule has 0 atom stereocenters. The van der Waals surface area contributed by atoms with E-state index in [2.05, 4.69) is 15.3 Å². The van der Waals surface area contributed by atoms with Crippen molar-refractivity contribution >= 4 is 56.6 Å². The Bertz CT molecular complexity index is 1640. The molecule has 1 N–H and O–H groups in total. The van der Waals surface area contributed by atoms with E-state index in [4.69, 9.17) is 11.6 Å². The number of para-hydroxylation sites is 1. The monoisotopic (exact) mass is 532 g/mol. The van der Waals surface area contributed by atoms with E-state index in [-0.39, 0.29) is 17.2 Å². The fourth-order valence-corrected chi connectivity index (χ4v) is 5.35. The molecule has 3 aromatic carbocycles. The van der Waals surface area contributed by atoms with E-state index < -0.39 is 0 Å². The number of thiazole rings is 1. The van der Waals surface area contributed by atoms with Gasteiger partial charge in [-0.1, -0.05) is 71.4 Å². The minimum atomic E-state index is -0.235. The minimum Gasteiger partial charge on any atom is -0.301 e. The molecule has 0 unspecified atom stereocenters. The summed E-state index contributed by atoms with van der Waals surface area (Å²) < 4.78 is 1.50. The number of thioether (sulfide) groups is 1. The van der Waals surface area contributed by atoms with Gasteiger partial charge in [-0.15, -0.1) is 11.3 Å². The second-order valence-corrected chi connectivity index (χ2v) is 10.4. The summed E-state index contributed by atoms with van der Waals surface area (Å²) in [4.78, 5) is 35.4. The van der Waals surface area contributed by atoms with Crippen molar-refractivity contribution in [2.45, 2.75) is 19.0 Å². The summed E-state index contributed by atoms with van der Waals surface area (Å²) in [6, 6.07) is 20.7. The number of halogens is 1. The Kier molecular flexibility index (Phi) is 6.91. The number of fused-ring (bicyclic) bond motifs is 1. The minimum absolute atomic E-state index is 0.0593. The molecule has 0 radical (unpaired) electrons. The fourth-order valence-electron chi connectivity index (χ4n) is 3.63. The van der Waals surface area contributed by atoms with E-state index in [1.54, 1.807) is 24.3 Å². The molecule has 1 amide bonds. The molecule has 9 heteroatoms. The molecule has 2 heterocycles. The van der Waals surface area contributed by atoms with Gasteiger partial charge in [-0.2, -0.15) is 0 Å². The van der Waals surface area contributed by atoms with Crippen molar-refractivity contribution in [2.75, 3.05) is 11.1 Å². The van der Waals surface area contributed by atoms with Crippen molar-refractivity contribution in [2.24, 2.45) is 0 Å². The highest BCUT2D eigenvalue weighted by molar-refractivity contribution is 7.99. The van der Waals surface area contributed by atoms with Gasteiger partial charge in [0.25, 0.3) is 5.56 Å². The Morgan fingerprint density at radius 2 is 1.83 bits per heavy atom. The molecule has 2 aromatic heterocycles. The SMILES string of the molecule is Cc1ccc(-c2csc(NC(=O)CSc3nc4ccccc4c(=O)n3-c3ccc(C)c(Cl)c3)n2)cc1. The summed E-state index contributed by atoms with van der Waals surface area (Å²) in [7, 11) is 0. The van der Waals surface area contributed by atoms with E-state index >= 15 is 0 Å². The van der Waals surface area contributed by atoms with Crippen LogP contribution in [-0.4, -0.2) is 26.2 Å². The third-order valence-corrected chi connectivity index (χ3v) is 7.69. The maximum absolute atomic E-state index is 13.4. The molecule has 0 fully saturated rings. The first-order valence-corrected chi connectivity index (χ1v) is 13.4. The summed E-state index contributed by atoms with van der Waals surface area (Å²) in [5.41, 5.74) is 4.84. The van der Waals surface area contributed by atoms with Crippen LogP contribution in [0.4, 0.5) is 5.13 Å². The van der Waals surface area contributed by atoms with Crippen LogP contribution in [0.5, 0.6) is 0 Å². The molecule has 5 aromatic rings. The van der Waals surface area contributed by atoms with Gasteiger partial charge in [0.1, 0.15) is 0 Å². The van der Waals surface area contributed by atoms with Crippen LogP contribution in [0.1, 0.15) is 11.1 Å². The lowest BCUT2D eigenvalue weighted by Crippen LogP contribution is -2.23. The Morgan fingerprint density at radius 3 is 2.61 bits per heavy atom. The zero-order chi connectivity index (χ0) is 25.2. The smallest absolute Gasteiger partial charge is 0.266 e. The van der Waals surface area contributed by atoms with Crippen LogP contribution in [0.15, 0.2) is 82.1 Å². The van der Waals surface area contributed by atoms with Gasteiger partial charge in [0.05, 0.1) is 28.0 Å². The van der Waals surface area contributed by atoms with Crippen LogP contribution in [-0.2, 0) is 4.79 Å². The number of hydrogen-bond acceptors (Lipinski definition) is 6. The highest BCUT2D eigenvalue weighted by atomic mass is 35.5. The number of carbonyl (C=O) groups is 1. The summed E-state index contributed by atoms with van der Waals surface area (Å²) >= 11 is 8.90. The number of anilines is 1. The van der Waals surface area contributed by atoms with E-state index in [9.17, 15) is 9.59 Å². The molecule has 6 nitrogen and oxygen atoms in total. The molecule has 0 saturated carbocycles. The molecule has 0 aliphatic carbocycles. The topological polar surface area (TPSA) is 76.9 Å². The van der Waals surface area contributed by atoms with Crippen molar-refractivity contribution in [3.8, 4) is 16.9 Å². The number of aromatic nitrogens is 3. The summed E-state index contributed by atoms with van der Waals surface area (Å²) in [5.74, 6) is -0.176. The molecule has 0 bridgehead atoms. The van der Waals surface area contributed by atoms with Crippen LogP contribution in [0.3, 0.4) is 0 Å². The van der Waals surface area contributed by atoms with Gasteiger partial charge >= 0.3 is 0 Å². The second kappa shape index (κ2) is 10.3. The molecule has 5 rings (SSSR count). The number of benzene rings is 3. The largest absolute Gasteiger partial charge is 0.301 e. The predicted octanol–water partition coefficient (Wildman–Crippen LogP) is 6.51. The zero-order valence-electron chi connectivity index (χ0n) is 19.5. The molecule has 180 valence electrons. The summed E-state index contributed by atoms with van der Waals surface area (Å²) in [6.07, 6.45) is 0. The molecule has 0 aliphatic heterocycles. The normalized spacial score (nSPS) is 11.1. The Balaban J connectivity index is 1.39. The Hall–Kier alpha value is -3.46. The van der Waals surface area contributed by atoms with Crippen molar-refractivity contribution in [3.05, 3.63) is 98.6 Å². The number of aryl methyl sites for hydroxylation is 2. The highest BCUT2D eigenvalue weighted by Crippen LogP contribution is 2.27. The van der Waals surface area contributed by atoms with Gasteiger partial charge in [-0.05, 0) is 43.7 Å². The third kappa shape index (κ3) is 5.06. The van der Waals surface area contributed by atoms with Gasteiger partial charge in [0.15, 0.2) is 10.3 Å². The highest BCUT2D eigenvalue weighted by Gasteiger charge is 2.16.